The minimum atomic E-state index is 0.146. The van der Waals surface area contributed by atoms with Gasteiger partial charge >= 0.3 is 0 Å². The van der Waals surface area contributed by atoms with Crippen molar-refractivity contribution in [3.05, 3.63) is 0 Å². The van der Waals surface area contributed by atoms with Gasteiger partial charge in [-0.1, -0.05) is 13.8 Å². The highest BCUT2D eigenvalue weighted by Gasteiger charge is 2.45. The van der Waals surface area contributed by atoms with Gasteiger partial charge in [0.15, 0.2) is 0 Å². The molecular weight excluding hydrogens is 172 g/mol. The van der Waals surface area contributed by atoms with Crippen LogP contribution in [0.25, 0.3) is 0 Å². The van der Waals surface area contributed by atoms with E-state index in [2.05, 4.69) is 19.2 Å². The van der Waals surface area contributed by atoms with E-state index in [-0.39, 0.29) is 5.54 Å². The summed E-state index contributed by atoms with van der Waals surface area (Å²) in [6, 6.07) is 0. The van der Waals surface area contributed by atoms with Crippen molar-refractivity contribution in [2.75, 3.05) is 13.1 Å². The first-order chi connectivity index (χ1) is 6.56. The molecule has 0 spiro atoms. The monoisotopic (exact) mass is 196 g/mol. The van der Waals surface area contributed by atoms with E-state index in [1.54, 1.807) is 0 Å². The first-order valence-corrected chi connectivity index (χ1v) is 6.06. The van der Waals surface area contributed by atoms with Crippen molar-refractivity contribution in [1.29, 1.82) is 0 Å². The fourth-order valence-electron chi connectivity index (χ4n) is 2.49. The van der Waals surface area contributed by atoms with Crippen molar-refractivity contribution in [3.63, 3.8) is 0 Å². The van der Waals surface area contributed by atoms with E-state index in [9.17, 15) is 0 Å². The van der Waals surface area contributed by atoms with Gasteiger partial charge in [0.25, 0.3) is 0 Å². The average molecular weight is 196 g/mol. The third-order valence-electron chi connectivity index (χ3n) is 4.42. The van der Waals surface area contributed by atoms with E-state index in [1.165, 1.54) is 38.6 Å². The van der Waals surface area contributed by atoms with Crippen molar-refractivity contribution in [2.24, 2.45) is 17.1 Å². The van der Waals surface area contributed by atoms with E-state index in [4.69, 9.17) is 5.73 Å². The lowest BCUT2D eigenvalue weighted by Gasteiger charge is -2.39. The number of hydrogen-bond acceptors (Lipinski definition) is 2. The van der Waals surface area contributed by atoms with E-state index in [0.717, 1.165) is 12.5 Å². The molecule has 2 saturated carbocycles. The molecule has 0 aromatic heterocycles. The highest BCUT2D eigenvalue weighted by Crippen LogP contribution is 2.51. The van der Waals surface area contributed by atoms with Crippen molar-refractivity contribution < 1.29 is 0 Å². The first-order valence-electron chi connectivity index (χ1n) is 6.06. The lowest BCUT2D eigenvalue weighted by Crippen LogP contribution is -2.54. The fourth-order valence-corrected chi connectivity index (χ4v) is 2.49. The zero-order valence-electron chi connectivity index (χ0n) is 9.60. The molecule has 2 nitrogen and oxygen atoms in total. The van der Waals surface area contributed by atoms with Gasteiger partial charge in [-0.3, -0.25) is 0 Å². The largest absolute Gasteiger partial charge is 0.324 e. The van der Waals surface area contributed by atoms with Crippen LogP contribution in [0.5, 0.6) is 0 Å². The molecular formula is C12H24N2. The molecule has 0 aromatic carbocycles. The number of nitrogens with two attached hydrogens (primary N) is 1. The highest BCUT2D eigenvalue weighted by atomic mass is 15.0. The highest BCUT2D eigenvalue weighted by molar-refractivity contribution is 4.99. The SMILES string of the molecule is CC(C)C1(CNCC2(N)CCC2)CC1. The van der Waals surface area contributed by atoms with Crippen LogP contribution in [0.2, 0.25) is 0 Å². The van der Waals surface area contributed by atoms with Gasteiger partial charge in [-0.2, -0.15) is 0 Å². The molecule has 0 unspecified atom stereocenters. The van der Waals surface area contributed by atoms with Crippen molar-refractivity contribution in [1.82, 2.24) is 5.32 Å². The van der Waals surface area contributed by atoms with Gasteiger partial charge in [0, 0.05) is 18.6 Å². The third kappa shape index (κ3) is 1.96. The molecule has 14 heavy (non-hydrogen) atoms. The molecule has 2 heteroatoms. The van der Waals surface area contributed by atoms with Gasteiger partial charge in [0.2, 0.25) is 0 Å². The van der Waals surface area contributed by atoms with Gasteiger partial charge in [0.05, 0.1) is 0 Å². The molecule has 82 valence electrons. The molecule has 0 saturated heterocycles. The van der Waals surface area contributed by atoms with Crippen LogP contribution in [-0.4, -0.2) is 18.6 Å². The summed E-state index contributed by atoms with van der Waals surface area (Å²) in [5.41, 5.74) is 6.94. The molecule has 0 radical (unpaired) electrons. The molecule has 0 aromatic rings. The Labute approximate surface area is 87.6 Å². The minimum absolute atomic E-state index is 0.146. The summed E-state index contributed by atoms with van der Waals surface area (Å²) in [5.74, 6) is 0.824. The molecule has 0 heterocycles. The number of hydrogen-bond donors (Lipinski definition) is 2. The second kappa shape index (κ2) is 3.49. The van der Waals surface area contributed by atoms with Gasteiger partial charge < -0.3 is 11.1 Å². The average Bonchev–Trinajstić information content (AvgIpc) is 2.82. The smallest absolute Gasteiger partial charge is 0.0280 e. The summed E-state index contributed by atoms with van der Waals surface area (Å²) in [6.45, 7) is 6.90. The lowest BCUT2D eigenvalue weighted by molar-refractivity contribution is 0.226. The van der Waals surface area contributed by atoms with Crippen LogP contribution >= 0.6 is 0 Å². The second-order valence-corrected chi connectivity index (χ2v) is 5.84. The summed E-state index contributed by atoms with van der Waals surface area (Å²) < 4.78 is 0. The molecule has 2 aliphatic carbocycles. The van der Waals surface area contributed by atoms with Crippen LogP contribution in [-0.2, 0) is 0 Å². The summed E-state index contributed by atoms with van der Waals surface area (Å²) in [5, 5.41) is 3.59. The Balaban J connectivity index is 1.68. The molecule has 0 bridgehead atoms. The fraction of sp³-hybridized carbons (Fsp3) is 1.00. The minimum Gasteiger partial charge on any atom is -0.324 e. The zero-order valence-corrected chi connectivity index (χ0v) is 9.60. The topological polar surface area (TPSA) is 38.0 Å². The zero-order chi connectivity index (χ0) is 10.2. The van der Waals surface area contributed by atoms with Crippen LogP contribution in [0, 0.1) is 11.3 Å². The Morgan fingerprint density at radius 1 is 1.14 bits per heavy atom. The van der Waals surface area contributed by atoms with Crippen LogP contribution in [0.4, 0.5) is 0 Å². The van der Waals surface area contributed by atoms with E-state index >= 15 is 0 Å². The Morgan fingerprint density at radius 3 is 2.14 bits per heavy atom. The van der Waals surface area contributed by atoms with Gasteiger partial charge in [0.1, 0.15) is 0 Å². The van der Waals surface area contributed by atoms with Crippen LogP contribution in [0.1, 0.15) is 46.0 Å². The Hall–Kier alpha value is -0.0800. The molecule has 3 N–H and O–H groups in total. The number of nitrogens with one attached hydrogen (secondary N) is 1. The van der Waals surface area contributed by atoms with Crippen molar-refractivity contribution in [2.45, 2.75) is 51.5 Å². The van der Waals surface area contributed by atoms with E-state index in [0.29, 0.717) is 5.41 Å². The van der Waals surface area contributed by atoms with Crippen molar-refractivity contribution >= 4 is 0 Å². The lowest BCUT2D eigenvalue weighted by atomic mass is 9.77. The van der Waals surface area contributed by atoms with E-state index in [1.807, 2.05) is 0 Å². The molecule has 0 aliphatic heterocycles. The van der Waals surface area contributed by atoms with Gasteiger partial charge in [-0.15, -0.1) is 0 Å². The standard InChI is InChI=1S/C12H24N2/c1-10(2)11(6-7-11)8-14-9-12(13)4-3-5-12/h10,14H,3-9,13H2,1-2H3. The van der Waals surface area contributed by atoms with Crippen LogP contribution < -0.4 is 11.1 Å². The maximum Gasteiger partial charge on any atom is 0.0280 e. The maximum absolute atomic E-state index is 6.17. The first kappa shape index (κ1) is 10.4. The third-order valence-corrected chi connectivity index (χ3v) is 4.42. The predicted octanol–water partition coefficient (Wildman–Crippen LogP) is 1.89. The molecule has 0 amide bonds. The number of rotatable bonds is 5. The second-order valence-electron chi connectivity index (χ2n) is 5.84. The van der Waals surface area contributed by atoms with Crippen molar-refractivity contribution in [3.8, 4) is 0 Å². The molecule has 0 atom stereocenters. The summed E-state index contributed by atoms with van der Waals surface area (Å²) in [7, 11) is 0. The van der Waals surface area contributed by atoms with E-state index < -0.39 is 0 Å². The Morgan fingerprint density at radius 2 is 1.79 bits per heavy atom. The van der Waals surface area contributed by atoms with Crippen LogP contribution in [0.3, 0.4) is 0 Å². The maximum atomic E-state index is 6.17. The molecule has 2 rings (SSSR count). The van der Waals surface area contributed by atoms with Crippen LogP contribution in [0.15, 0.2) is 0 Å². The Bertz CT molecular complexity index is 202. The van der Waals surface area contributed by atoms with Gasteiger partial charge in [-0.25, -0.2) is 0 Å². The quantitative estimate of drug-likeness (QED) is 0.705. The Kier molecular flexibility index (Phi) is 2.61. The molecule has 2 aliphatic rings. The summed E-state index contributed by atoms with van der Waals surface area (Å²) in [6.07, 6.45) is 6.58. The summed E-state index contributed by atoms with van der Waals surface area (Å²) >= 11 is 0. The summed E-state index contributed by atoms with van der Waals surface area (Å²) in [4.78, 5) is 0. The normalized spacial score (nSPS) is 27.4. The molecule has 2 fully saturated rings. The van der Waals surface area contributed by atoms with Gasteiger partial charge in [-0.05, 0) is 43.4 Å². The predicted molar refractivity (Wildman–Crippen MR) is 60.1 cm³/mol.